The van der Waals surface area contributed by atoms with Crippen LogP contribution in [0.25, 0.3) is 0 Å². The number of anilines is 1. The Bertz CT molecular complexity index is 762. The Kier molecular flexibility index (Phi) is 6.81. The molecule has 1 aliphatic heterocycles. The Balaban J connectivity index is 1.78. The minimum Gasteiger partial charge on any atom is -0.324 e. The maximum Gasteiger partial charge on any atom is 0.238 e. The van der Waals surface area contributed by atoms with E-state index in [0.29, 0.717) is 18.4 Å². The van der Waals surface area contributed by atoms with Gasteiger partial charge in [-0.3, -0.25) is 14.7 Å². The smallest absolute Gasteiger partial charge is 0.238 e. The molecular formula is C23H32N4O. The first-order chi connectivity index (χ1) is 13.5. The molecule has 150 valence electrons. The van der Waals surface area contributed by atoms with Gasteiger partial charge in [0.2, 0.25) is 5.91 Å². The summed E-state index contributed by atoms with van der Waals surface area (Å²) in [5.74, 6) is 0.762. The standard InChI is InChI=1S/C23H32N4O/c1-16(2)19-8-5-9-20(17(3)4)23(19)26-22(28)15-27-12-11-25-14-21(27)18-7-6-10-24-13-18/h5-10,13,16-17,21,25H,11-12,14-15H2,1-4H3,(H,26,28). The van der Waals surface area contributed by atoms with Gasteiger partial charge in [-0.05, 0) is 34.6 Å². The van der Waals surface area contributed by atoms with Crippen molar-refractivity contribution in [2.75, 3.05) is 31.5 Å². The van der Waals surface area contributed by atoms with E-state index < -0.39 is 0 Å². The van der Waals surface area contributed by atoms with Crippen LogP contribution in [-0.4, -0.2) is 42.0 Å². The van der Waals surface area contributed by atoms with Crippen LogP contribution in [0.1, 0.15) is 62.3 Å². The van der Waals surface area contributed by atoms with E-state index in [-0.39, 0.29) is 11.9 Å². The van der Waals surface area contributed by atoms with Gasteiger partial charge >= 0.3 is 0 Å². The summed E-state index contributed by atoms with van der Waals surface area (Å²) < 4.78 is 0. The van der Waals surface area contributed by atoms with Crippen LogP contribution >= 0.6 is 0 Å². The summed E-state index contributed by atoms with van der Waals surface area (Å²) in [6.07, 6.45) is 3.68. The molecule has 1 aliphatic rings. The molecule has 0 saturated carbocycles. The van der Waals surface area contributed by atoms with Crippen molar-refractivity contribution in [1.82, 2.24) is 15.2 Å². The second-order valence-corrected chi connectivity index (χ2v) is 8.15. The van der Waals surface area contributed by atoms with Gasteiger partial charge in [0.15, 0.2) is 0 Å². The third-order valence-corrected chi connectivity index (χ3v) is 5.41. The molecule has 2 aromatic rings. The second kappa shape index (κ2) is 9.30. The number of para-hydroxylation sites is 1. The number of amides is 1. The Hall–Kier alpha value is -2.24. The van der Waals surface area contributed by atoms with Gasteiger partial charge in [0.05, 0.1) is 6.54 Å². The van der Waals surface area contributed by atoms with Crippen LogP contribution < -0.4 is 10.6 Å². The number of nitrogens with zero attached hydrogens (tertiary/aromatic N) is 2. The Labute approximate surface area is 168 Å². The molecular weight excluding hydrogens is 348 g/mol. The van der Waals surface area contributed by atoms with Crippen molar-refractivity contribution in [3.05, 3.63) is 59.4 Å². The zero-order valence-electron chi connectivity index (χ0n) is 17.4. The van der Waals surface area contributed by atoms with Crippen molar-refractivity contribution in [2.24, 2.45) is 0 Å². The molecule has 5 nitrogen and oxygen atoms in total. The molecule has 0 aliphatic carbocycles. The number of carbonyl (C=O) groups is 1. The molecule has 1 aromatic heterocycles. The molecule has 2 N–H and O–H groups in total. The zero-order valence-corrected chi connectivity index (χ0v) is 17.4. The van der Waals surface area contributed by atoms with Crippen LogP contribution in [0.15, 0.2) is 42.7 Å². The first kappa shape index (κ1) is 20.5. The van der Waals surface area contributed by atoms with Gasteiger partial charge in [0.25, 0.3) is 0 Å². The summed E-state index contributed by atoms with van der Waals surface area (Å²) in [4.78, 5) is 19.5. The highest BCUT2D eigenvalue weighted by molar-refractivity contribution is 5.94. The molecule has 3 rings (SSSR count). The van der Waals surface area contributed by atoms with Crippen LogP contribution in [0.4, 0.5) is 5.69 Å². The lowest BCUT2D eigenvalue weighted by Crippen LogP contribution is -2.48. The first-order valence-corrected chi connectivity index (χ1v) is 10.2. The highest BCUT2D eigenvalue weighted by Crippen LogP contribution is 2.32. The number of nitrogens with one attached hydrogen (secondary N) is 2. The summed E-state index contributed by atoms with van der Waals surface area (Å²) in [6.45, 7) is 11.6. The van der Waals surface area contributed by atoms with Gasteiger partial charge in [0, 0.05) is 43.8 Å². The quantitative estimate of drug-likeness (QED) is 0.798. The van der Waals surface area contributed by atoms with Gasteiger partial charge in [-0.1, -0.05) is 52.0 Å². The number of piperazine rings is 1. The van der Waals surface area contributed by atoms with E-state index in [1.165, 1.54) is 11.1 Å². The molecule has 0 radical (unpaired) electrons. The number of aromatic nitrogens is 1. The Morgan fingerprint density at radius 1 is 1.18 bits per heavy atom. The molecule has 1 aromatic carbocycles. The Morgan fingerprint density at radius 3 is 2.50 bits per heavy atom. The van der Waals surface area contributed by atoms with Gasteiger partial charge in [-0.25, -0.2) is 0 Å². The van der Waals surface area contributed by atoms with Crippen LogP contribution in [0.5, 0.6) is 0 Å². The second-order valence-electron chi connectivity index (χ2n) is 8.15. The number of hydrogen-bond donors (Lipinski definition) is 2. The van der Waals surface area contributed by atoms with E-state index in [9.17, 15) is 4.79 Å². The molecule has 1 atom stereocenters. The summed E-state index contributed by atoms with van der Waals surface area (Å²) >= 11 is 0. The molecule has 2 heterocycles. The van der Waals surface area contributed by atoms with Crippen LogP contribution in [0.3, 0.4) is 0 Å². The third kappa shape index (κ3) is 4.78. The van der Waals surface area contributed by atoms with Gasteiger partial charge in [0.1, 0.15) is 0 Å². The minimum atomic E-state index is 0.0470. The summed E-state index contributed by atoms with van der Waals surface area (Å²) in [7, 11) is 0. The van der Waals surface area contributed by atoms with Crippen LogP contribution in [0, 0.1) is 0 Å². The molecule has 0 spiro atoms. The highest BCUT2D eigenvalue weighted by Gasteiger charge is 2.26. The molecule has 28 heavy (non-hydrogen) atoms. The normalized spacial score (nSPS) is 17.9. The van der Waals surface area contributed by atoms with Crippen LogP contribution in [-0.2, 0) is 4.79 Å². The fraction of sp³-hybridized carbons (Fsp3) is 0.478. The summed E-state index contributed by atoms with van der Waals surface area (Å²) in [6, 6.07) is 10.5. The molecule has 1 saturated heterocycles. The molecule has 5 heteroatoms. The van der Waals surface area contributed by atoms with Gasteiger partial charge in [-0.2, -0.15) is 0 Å². The third-order valence-electron chi connectivity index (χ3n) is 5.41. The maximum atomic E-state index is 13.0. The van der Waals surface area contributed by atoms with E-state index in [1.807, 2.05) is 12.3 Å². The number of pyridine rings is 1. The number of benzene rings is 1. The summed E-state index contributed by atoms with van der Waals surface area (Å²) in [5.41, 5.74) is 4.53. The predicted octanol–water partition coefficient (Wildman–Crippen LogP) is 3.91. The highest BCUT2D eigenvalue weighted by atomic mass is 16.2. The van der Waals surface area contributed by atoms with Crippen molar-refractivity contribution in [3.8, 4) is 0 Å². The molecule has 1 fully saturated rings. The van der Waals surface area contributed by atoms with E-state index in [4.69, 9.17) is 0 Å². The van der Waals surface area contributed by atoms with Crippen molar-refractivity contribution in [1.29, 1.82) is 0 Å². The molecule has 1 amide bonds. The SMILES string of the molecule is CC(C)c1cccc(C(C)C)c1NC(=O)CN1CCNCC1c1cccnc1. The number of carbonyl (C=O) groups excluding carboxylic acids is 1. The fourth-order valence-corrected chi connectivity index (χ4v) is 3.90. The van der Waals surface area contributed by atoms with Crippen molar-refractivity contribution in [3.63, 3.8) is 0 Å². The lowest BCUT2D eigenvalue weighted by atomic mass is 9.92. The Morgan fingerprint density at radius 2 is 1.89 bits per heavy atom. The van der Waals surface area contributed by atoms with Crippen molar-refractivity contribution in [2.45, 2.75) is 45.6 Å². The summed E-state index contributed by atoms with van der Waals surface area (Å²) in [5, 5.41) is 6.68. The largest absolute Gasteiger partial charge is 0.324 e. The topological polar surface area (TPSA) is 57.3 Å². The fourth-order valence-electron chi connectivity index (χ4n) is 3.90. The lowest BCUT2D eigenvalue weighted by Gasteiger charge is -2.36. The minimum absolute atomic E-state index is 0.0470. The van der Waals surface area contributed by atoms with E-state index in [0.717, 1.165) is 30.9 Å². The van der Waals surface area contributed by atoms with Crippen LogP contribution in [0.2, 0.25) is 0 Å². The van der Waals surface area contributed by atoms with Crippen molar-refractivity contribution < 1.29 is 4.79 Å². The maximum absolute atomic E-state index is 13.0. The molecule has 0 bridgehead atoms. The average molecular weight is 381 g/mol. The first-order valence-electron chi connectivity index (χ1n) is 10.2. The van der Waals surface area contributed by atoms with Gasteiger partial charge < -0.3 is 10.6 Å². The van der Waals surface area contributed by atoms with Gasteiger partial charge in [-0.15, -0.1) is 0 Å². The predicted molar refractivity (Wildman–Crippen MR) is 115 cm³/mol. The number of rotatable bonds is 6. The van der Waals surface area contributed by atoms with Crippen molar-refractivity contribution >= 4 is 11.6 Å². The van der Waals surface area contributed by atoms with E-state index >= 15 is 0 Å². The lowest BCUT2D eigenvalue weighted by molar-refractivity contribution is -0.118. The number of hydrogen-bond acceptors (Lipinski definition) is 4. The average Bonchev–Trinajstić information content (AvgIpc) is 2.68. The molecule has 1 unspecified atom stereocenters. The zero-order chi connectivity index (χ0) is 20.1. The van der Waals surface area contributed by atoms with E-state index in [2.05, 4.69) is 72.5 Å². The van der Waals surface area contributed by atoms with E-state index in [1.54, 1.807) is 6.20 Å². The monoisotopic (exact) mass is 380 g/mol.